The van der Waals surface area contributed by atoms with Crippen LogP contribution in [0.25, 0.3) is 0 Å². The predicted molar refractivity (Wildman–Crippen MR) is 95.7 cm³/mol. The molecule has 1 nitrogen and oxygen atoms in total. The van der Waals surface area contributed by atoms with Crippen molar-refractivity contribution < 1.29 is 4.79 Å². The van der Waals surface area contributed by atoms with E-state index >= 15 is 0 Å². The van der Waals surface area contributed by atoms with Crippen LogP contribution in [-0.4, -0.2) is 11.0 Å². The van der Waals surface area contributed by atoms with Gasteiger partial charge in [-0.3, -0.25) is 4.79 Å². The second-order valence-corrected chi connectivity index (χ2v) is 8.74. The molecule has 2 aromatic rings. The number of fused-ring (bicyclic) bond motifs is 2. The number of benzene rings is 2. The van der Waals surface area contributed by atoms with Gasteiger partial charge in [0, 0.05) is 21.0 Å². The van der Waals surface area contributed by atoms with Crippen LogP contribution < -0.4 is 0 Å². The summed E-state index contributed by atoms with van der Waals surface area (Å²) in [5, 5.41) is 0.362. The van der Waals surface area contributed by atoms with Crippen molar-refractivity contribution in [2.24, 2.45) is 10.8 Å². The molecular formula is C21H22OS. The van der Waals surface area contributed by atoms with Gasteiger partial charge in [0.1, 0.15) is 5.78 Å². The van der Waals surface area contributed by atoms with Gasteiger partial charge in [-0.05, 0) is 36.5 Å². The van der Waals surface area contributed by atoms with Gasteiger partial charge in [-0.15, -0.1) is 11.8 Å². The Morgan fingerprint density at radius 3 is 2.13 bits per heavy atom. The molecule has 0 N–H and O–H groups in total. The molecule has 0 heterocycles. The van der Waals surface area contributed by atoms with Crippen LogP contribution >= 0.6 is 11.8 Å². The molecule has 2 saturated carbocycles. The molecule has 0 aromatic heterocycles. The molecule has 2 heteroatoms. The summed E-state index contributed by atoms with van der Waals surface area (Å²) in [6.45, 7) is 4.40. The number of Topliss-reactive ketones (excluding diaryl/α,β-unsaturated/α-hetero) is 1. The molecule has 2 aliphatic rings. The molecule has 0 spiro atoms. The van der Waals surface area contributed by atoms with Crippen LogP contribution in [0.15, 0.2) is 65.6 Å². The van der Waals surface area contributed by atoms with E-state index in [1.54, 1.807) is 0 Å². The molecular weight excluding hydrogens is 300 g/mol. The van der Waals surface area contributed by atoms with Gasteiger partial charge in [-0.1, -0.05) is 62.4 Å². The lowest BCUT2D eigenvalue weighted by Gasteiger charge is -2.38. The lowest BCUT2D eigenvalue weighted by atomic mass is 9.71. The van der Waals surface area contributed by atoms with Gasteiger partial charge in [0.05, 0.1) is 0 Å². The summed E-state index contributed by atoms with van der Waals surface area (Å²) in [6.07, 6.45) is 2.00. The number of hydrogen-bond donors (Lipinski definition) is 0. The summed E-state index contributed by atoms with van der Waals surface area (Å²) in [5.74, 6) is 0.823. The normalized spacial score (nSPS) is 35.7. The maximum Gasteiger partial charge on any atom is 0.146 e. The zero-order valence-corrected chi connectivity index (χ0v) is 14.5. The number of ketones is 1. The molecule has 2 fully saturated rings. The number of rotatable bonds is 3. The van der Waals surface area contributed by atoms with Crippen LogP contribution in [0.4, 0.5) is 0 Å². The molecule has 23 heavy (non-hydrogen) atoms. The van der Waals surface area contributed by atoms with E-state index in [1.165, 1.54) is 10.5 Å². The maximum atomic E-state index is 13.2. The summed E-state index contributed by atoms with van der Waals surface area (Å²) >= 11 is 1.89. The van der Waals surface area contributed by atoms with E-state index in [4.69, 9.17) is 0 Å². The van der Waals surface area contributed by atoms with Crippen molar-refractivity contribution in [3.63, 3.8) is 0 Å². The average molecular weight is 322 g/mol. The third-order valence-electron chi connectivity index (χ3n) is 5.94. The zero-order chi connectivity index (χ0) is 16.1. The monoisotopic (exact) mass is 322 g/mol. The molecule has 0 unspecified atom stereocenters. The Kier molecular flexibility index (Phi) is 3.42. The topological polar surface area (TPSA) is 17.1 Å². The quantitative estimate of drug-likeness (QED) is 0.760. The number of carbonyl (C=O) groups is 1. The highest BCUT2D eigenvalue weighted by Gasteiger charge is 2.67. The number of hydrogen-bond acceptors (Lipinski definition) is 2. The molecule has 2 aliphatic carbocycles. The lowest BCUT2D eigenvalue weighted by Crippen LogP contribution is -2.35. The van der Waals surface area contributed by atoms with Gasteiger partial charge in [0.15, 0.2) is 0 Å². The van der Waals surface area contributed by atoms with Gasteiger partial charge in [0.25, 0.3) is 0 Å². The molecule has 0 radical (unpaired) electrons. The minimum atomic E-state index is -0.253. The van der Waals surface area contributed by atoms with E-state index in [0.717, 1.165) is 12.8 Å². The van der Waals surface area contributed by atoms with E-state index in [0.29, 0.717) is 17.0 Å². The van der Waals surface area contributed by atoms with Crippen molar-refractivity contribution in [1.82, 2.24) is 0 Å². The smallest absolute Gasteiger partial charge is 0.146 e. The van der Waals surface area contributed by atoms with Crippen molar-refractivity contribution in [2.75, 3.05) is 0 Å². The van der Waals surface area contributed by atoms with Crippen LogP contribution in [0.1, 0.15) is 38.2 Å². The van der Waals surface area contributed by atoms with E-state index in [2.05, 4.69) is 68.4 Å². The van der Waals surface area contributed by atoms with Gasteiger partial charge in [0.2, 0.25) is 0 Å². The molecule has 0 aliphatic heterocycles. The van der Waals surface area contributed by atoms with Crippen molar-refractivity contribution in [3.8, 4) is 0 Å². The minimum absolute atomic E-state index is 0.151. The molecule has 4 atom stereocenters. The van der Waals surface area contributed by atoms with Gasteiger partial charge < -0.3 is 0 Å². The standard InChI is InChI=1S/C21H22OS/c1-20-13-17(15-9-5-3-6-10-15)21(2,19(20)22)18(14-20)23-16-11-7-4-8-12-16/h3-12,17-18H,13-14H2,1-2H3/t17-,18-,20-,21+/m0/s1. The van der Waals surface area contributed by atoms with E-state index in [9.17, 15) is 4.79 Å². The second-order valence-electron chi connectivity index (χ2n) is 7.46. The van der Waals surface area contributed by atoms with E-state index < -0.39 is 0 Å². The predicted octanol–water partition coefficient (Wildman–Crippen LogP) is 5.32. The molecule has 4 rings (SSSR count). The van der Waals surface area contributed by atoms with Gasteiger partial charge >= 0.3 is 0 Å². The van der Waals surface area contributed by atoms with Gasteiger partial charge in [-0.2, -0.15) is 0 Å². The Hall–Kier alpha value is -1.54. The SMILES string of the molecule is C[C@]12C[C@H](Sc3ccccc3)[C@](C)(C1=O)[C@H](c1ccccc1)C2. The highest BCUT2D eigenvalue weighted by molar-refractivity contribution is 8.00. The molecule has 0 saturated heterocycles. The van der Waals surface area contributed by atoms with Crippen LogP contribution in [-0.2, 0) is 4.79 Å². The first kappa shape index (κ1) is 15.0. The Morgan fingerprint density at radius 2 is 1.52 bits per heavy atom. The number of thioether (sulfide) groups is 1. The van der Waals surface area contributed by atoms with Crippen molar-refractivity contribution in [2.45, 2.75) is 42.8 Å². The first-order valence-corrected chi connectivity index (χ1v) is 9.23. The third-order valence-corrected chi connectivity index (χ3v) is 7.43. The molecule has 118 valence electrons. The summed E-state index contributed by atoms with van der Waals surface area (Å²) < 4.78 is 0. The summed E-state index contributed by atoms with van der Waals surface area (Å²) in [6, 6.07) is 21.1. The first-order chi connectivity index (χ1) is 11.0. The fourth-order valence-electron chi connectivity index (χ4n) is 4.71. The average Bonchev–Trinajstić information content (AvgIpc) is 2.89. The Morgan fingerprint density at radius 1 is 0.913 bits per heavy atom. The molecule has 2 aromatic carbocycles. The third kappa shape index (κ3) is 2.19. The van der Waals surface area contributed by atoms with E-state index in [1.807, 2.05) is 17.8 Å². The fraction of sp³-hybridized carbons (Fsp3) is 0.381. The highest BCUT2D eigenvalue weighted by Crippen LogP contribution is 2.67. The summed E-state index contributed by atoms with van der Waals surface area (Å²) in [5.41, 5.74) is 0.920. The van der Waals surface area contributed by atoms with E-state index in [-0.39, 0.29) is 10.8 Å². The first-order valence-electron chi connectivity index (χ1n) is 8.35. The maximum absolute atomic E-state index is 13.2. The van der Waals surface area contributed by atoms with Crippen LogP contribution in [0.5, 0.6) is 0 Å². The number of carbonyl (C=O) groups excluding carboxylic acids is 1. The largest absolute Gasteiger partial charge is 0.298 e. The second kappa shape index (κ2) is 5.24. The Bertz CT molecular complexity index is 726. The van der Waals surface area contributed by atoms with Crippen molar-refractivity contribution >= 4 is 17.5 Å². The molecule has 0 amide bonds. The van der Waals surface area contributed by atoms with Crippen molar-refractivity contribution in [3.05, 3.63) is 66.2 Å². The van der Waals surface area contributed by atoms with Crippen LogP contribution in [0.3, 0.4) is 0 Å². The Balaban J connectivity index is 1.71. The Labute approximate surface area is 142 Å². The minimum Gasteiger partial charge on any atom is -0.298 e. The highest BCUT2D eigenvalue weighted by atomic mass is 32.2. The molecule has 2 bridgehead atoms. The summed E-state index contributed by atoms with van der Waals surface area (Å²) in [4.78, 5) is 14.5. The van der Waals surface area contributed by atoms with Crippen molar-refractivity contribution in [1.29, 1.82) is 0 Å². The van der Waals surface area contributed by atoms with Crippen LogP contribution in [0, 0.1) is 10.8 Å². The summed E-state index contributed by atoms with van der Waals surface area (Å²) in [7, 11) is 0. The fourth-order valence-corrected chi connectivity index (χ4v) is 6.32. The van der Waals surface area contributed by atoms with Gasteiger partial charge in [-0.25, -0.2) is 0 Å². The zero-order valence-electron chi connectivity index (χ0n) is 13.7. The van der Waals surface area contributed by atoms with Crippen LogP contribution in [0.2, 0.25) is 0 Å². The lowest BCUT2D eigenvalue weighted by molar-refractivity contribution is -0.128.